The van der Waals surface area contributed by atoms with Gasteiger partial charge in [0.05, 0.1) is 25.7 Å². The number of benzene rings is 2. The molecule has 0 aliphatic rings. The lowest BCUT2D eigenvalue weighted by Crippen LogP contribution is -2.02. The molecular weight excluding hydrogens is 298 g/mol. The van der Waals surface area contributed by atoms with Crippen LogP contribution in [-0.2, 0) is 0 Å². The minimum Gasteiger partial charge on any atom is -0.497 e. The lowest BCUT2D eigenvalue weighted by atomic mass is 9.96. The van der Waals surface area contributed by atoms with E-state index in [0.29, 0.717) is 11.6 Å². The molecule has 2 rings (SSSR count). The van der Waals surface area contributed by atoms with Crippen LogP contribution in [0.4, 0.5) is 0 Å². The van der Waals surface area contributed by atoms with Crippen molar-refractivity contribution in [3.8, 4) is 17.6 Å². The topological polar surface area (TPSA) is 42.2 Å². The molecule has 0 saturated carbocycles. The van der Waals surface area contributed by atoms with Gasteiger partial charge in [-0.05, 0) is 48.7 Å². The maximum absolute atomic E-state index is 9.32. The minimum absolute atomic E-state index is 0.131. The molecule has 1 atom stereocenters. The highest BCUT2D eigenvalue weighted by molar-refractivity contribution is 6.30. The summed E-state index contributed by atoms with van der Waals surface area (Å²) in [6.07, 6.45) is 1.56. The number of ether oxygens (including phenoxy) is 2. The summed E-state index contributed by atoms with van der Waals surface area (Å²) in [7, 11) is 1.63. The van der Waals surface area contributed by atoms with Gasteiger partial charge in [-0.15, -0.1) is 0 Å². The van der Waals surface area contributed by atoms with Crippen LogP contribution in [0.3, 0.4) is 0 Å². The van der Waals surface area contributed by atoms with Crippen molar-refractivity contribution in [2.75, 3.05) is 13.7 Å². The van der Waals surface area contributed by atoms with Gasteiger partial charge in [-0.2, -0.15) is 5.26 Å². The Bertz CT molecular complexity index is 634. The Morgan fingerprint density at radius 1 is 1.14 bits per heavy atom. The van der Waals surface area contributed by atoms with E-state index in [9.17, 15) is 5.26 Å². The molecule has 0 radical (unpaired) electrons. The van der Waals surface area contributed by atoms with Crippen LogP contribution < -0.4 is 9.47 Å². The molecule has 0 spiro atoms. The van der Waals surface area contributed by atoms with Crippen molar-refractivity contribution in [2.45, 2.75) is 18.8 Å². The maximum atomic E-state index is 9.32. The second kappa shape index (κ2) is 8.31. The summed E-state index contributed by atoms with van der Waals surface area (Å²) in [6, 6.07) is 17.3. The number of nitrogens with zero attached hydrogens (tertiary/aromatic N) is 1. The fourth-order valence-electron chi connectivity index (χ4n) is 2.18. The summed E-state index contributed by atoms with van der Waals surface area (Å²) in [5.74, 6) is 1.42. The van der Waals surface area contributed by atoms with Gasteiger partial charge >= 0.3 is 0 Å². The summed E-state index contributed by atoms with van der Waals surface area (Å²) >= 11 is 5.90. The predicted octanol–water partition coefficient (Wildman–Crippen LogP) is 4.81. The van der Waals surface area contributed by atoms with Gasteiger partial charge in [-0.1, -0.05) is 29.8 Å². The van der Waals surface area contributed by atoms with Crippen LogP contribution in [0, 0.1) is 11.3 Å². The third kappa shape index (κ3) is 4.68. The second-order valence-electron chi connectivity index (χ2n) is 4.90. The minimum atomic E-state index is -0.131. The van der Waals surface area contributed by atoms with E-state index in [2.05, 4.69) is 6.07 Å². The average Bonchev–Trinajstić information content (AvgIpc) is 2.55. The van der Waals surface area contributed by atoms with Gasteiger partial charge in [0.15, 0.2) is 0 Å². The van der Waals surface area contributed by atoms with E-state index in [1.165, 1.54) is 0 Å². The first-order chi connectivity index (χ1) is 10.7. The average molecular weight is 316 g/mol. The van der Waals surface area contributed by atoms with Crippen LogP contribution in [0.1, 0.15) is 24.3 Å². The van der Waals surface area contributed by atoms with Crippen LogP contribution in [0.25, 0.3) is 0 Å². The number of hydrogen-bond acceptors (Lipinski definition) is 3. The molecule has 0 bridgehead atoms. The zero-order chi connectivity index (χ0) is 15.8. The monoisotopic (exact) mass is 315 g/mol. The third-order valence-electron chi connectivity index (χ3n) is 3.38. The molecule has 0 aliphatic heterocycles. The Labute approximate surface area is 136 Å². The molecule has 2 aromatic rings. The van der Waals surface area contributed by atoms with Crippen molar-refractivity contribution in [1.82, 2.24) is 0 Å². The largest absolute Gasteiger partial charge is 0.497 e. The molecule has 4 heteroatoms. The second-order valence-corrected chi connectivity index (χ2v) is 5.34. The molecule has 114 valence electrons. The van der Waals surface area contributed by atoms with Crippen LogP contribution in [0.2, 0.25) is 5.02 Å². The van der Waals surface area contributed by atoms with Crippen molar-refractivity contribution in [3.63, 3.8) is 0 Å². The van der Waals surface area contributed by atoms with Gasteiger partial charge in [0.2, 0.25) is 0 Å². The summed E-state index contributed by atoms with van der Waals surface area (Å²) in [5.41, 5.74) is 1.01. The van der Waals surface area contributed by atoms with Crippen LogP contribution in [0.15, 0.2) is 48.5 Å². The fourth-order valence-corrected chi connectivity index (χ4v) is 2.36. The zero-order valence-electron chi connectivity index (χ0n) is 12.5. The molecule has 1 unspecified atom stereocenters. The molecule has 22 heavy (non-hydrogen) atoms. The molecule has 0 fully saturated rings. The first-order valence-electron chi connectivity index (χ1n) is 7.15. The highest BCUT2D eigenvalue weighted by Gasteiger charge is 2.10. The number of nitriles is 1. The number of methoxy groups -OCH3 is 1. The van der Waals surface area contributed by atoms with Gasteiger partial charge in [0.1, 0.15) is 11.5 Å². The standard InChI is InChI=1S/C18H18ClNO2/c1-21-17-9-7-14(8-10-17)15(13-20)4-3-11-22-18-6-2-5-16(19)12-18/h2,5-10,12,15H,3-4,11H2,1H3. The Hall–Kier alpha value is -2.18. The Morgan fingerprint density at radius 2 is 1.91 bits per heavy atom. The van der Waals surface area contributed by atoms with Crippen molar-refractivity contribution < 1.29 is 9.47 Å². The summed E-state index contributed by atoms with van der Waals surface area (Å²) in [4.78, 5) is 0. The van der Waals surface area contributed by atoms with Crippen molar-refractivity contribution >= 4 is 11.6 Å². The first-order valence-corrected chi connectivity index (χ1v) is 7.52. The molecule has 0 heterocycles. The van der Waals surface area contributed by atoms with E-state index in [0.717, 1.165) is 29.9 Å². The van der Waals surface area contributed by atoms with E-state index in [1.807, 2.05) is 42.5 Å². The van der Waals surface area contributed by atoms with Crippen molar-refractivity contribution in [1.29, 1.82) is 5.26 Å². The molecule has 0 aromatic heterocycles. The van der Waals surface area contributed by atoms with E-state index in [-0.39, 0.29) is 5.92 Å². The van der Waals surface area contributed by atoms with Gasteiger partial charge in [-0.3, -0.25) is 0 Å². The molecule has 0 amide bonds. The van der Waals surface area contributed by atoms with Crippen LogP contribution in [-0.4, -0.2) is 13.7 Å². The summed E-state index contributed by atoms with van der Waals surface area (Å²) in [6.45, 7) is 0.564. The maximum Gasteiger partial charge on any atom is 0.120 e. The van der Waals surface area contributed by atoms with E-state index in [1.54, 1.807) is 13.2 Å². The molecule has 0 N–H and O–H groups in total. The predicted molar refractivity (Wildman–Crippen MR) is 87.5 cm³/mol. The van der Waals surface area contributed by atoms with Gasteiger partial charge < -0.3 is 9.47 Å². The molecule has 3 nitrogen and oxygen atoms in total. The third-order valence-corrected chi connectivity index (χ3v) is 3.61. The first kappa shape index (κ1) is 16.2. The summed E-state index contributed by atoms with van der Waals surface area (Å²) < 4.78 is 10.8. The fraction of sp³-hybridized carbons (Fsp3) is 0.278. The Morgan fingerprint density at radius 3 is 2.55 bits per heavy atom. The molecular formula is C18H18ClNO2. The van der Waals surface area contributed by atoms with Crippen LogP contribution in [0.5, 0.6) is 11.5 Å². The zero-order valence-corrected chi connectivity index (χ0v) is 13.2. The highest BCUT2D eigenvalue weighted by atomic mass is 35.5. The van der Waals surface area contributed by atoms with Crippen molar-refractivity contribution in [3.05, 3.63) is 59.1 Å². The number of hydrogen-bond donors (Lipinski definition) is 0. The van der Waals surface area contributed by atoms with Gasteiger partial charge in [0.25, 0.3) is 0 Å². The quantitative estimate of drug-likeness (QED) is 0.688. The molecule has 0 saturated heterocycles. The summed E-state index contributed by atoms with van der Waals surface area (Å²) in [5, 5.41) is 9.98. The number of halogens is 1. The molecule has 2 aromatic carbocycles. The van der Waals surface area contributed by atoms with Gasteiger partial charge in [-0.25, -0.2) is 0 Å². The molecule has 0 aliphatic carbocycles. The SMILES string of the molecule is COc1ccc(C(C#N)CCCOc2cccc(Cl)c2)cc1. The Balaban J connectivity index is 1.82. The van der Waals surface area contributed by atoms with Crippen LogP contribution >= 0.6 is 11.6 Å². The van der Waals surface area contributed by atoms with E-state index < -0.39 is 0 Å². The lowest BCUT2D eigenvalue weighted by Gasteiger charge is -2.11. The number of rotatable bonds is 7. The normalized spacial score (nSPS) is 11.5. The van der Waals surface area contributed by atoms with Crippen molar-refractivity contribution in [2.24, 2.45) is 0 Å². The highest BCUT2D eigenvalue weighted by Crippen LogP contribution is 2.23. The lowest BCUT2D eigenvalue weighted by molar-refractivity contribution is 0.305. The Kier molecular flexibility index (Phi) is 6.12. The van der Waals surface area contributed by atoms with E-state index in [4.69, 9.17) is 21.1 Å². The van der Waals surface area contributed by atoms with Gasteiger partial charge in [0, 0.05) is 5.02 Å². The smallest absolute Gasteiger partial charge is 0.120 e. The van der Waals surface area contributed by atoms with E-state index >= 15 is 0 Å².